The van der Waals surface area contributed by atoms with Crippen molar-refractivity contribution in [1.29, 1.82) is 0 Å². The van der Waals surface area contributed by atoms with Gasteiger partial charge in [-0.1, -0.05) is 37.4 Å². The number of ether oxygens (including phenoxy) is 1. The second-order valence-corrected chi connectivity index (χ2v) is 9.65. The number of halogens is 2. The Morgan fingerprint density at radius 3 is 2.73 bits per heavy atom. The summed E-state index contributed by atoms with van der Waals surface area (Å²) in [6.45, 7) is 15.1. The van der Waals surface area contributed by atoms with Crippen LogP contribution < -0.4 is 15.8 Å². The number of carbonyl (C=O) groups excluding carboxylic acids is 1. The molecule has 5 nitrogen and oxygen atoms in total. The summed E-state index contributed by atoms with van der Waals surface area (Å²) >= 11 is 7.13. The lowest BCUT2D eigenvalue weighted by molar-refractivity contribution is 0.0756. The van der Waals surface area contributed by atoms with Crippen molar-refractivity contribution in [3.05, 3.63) is 87.4 Å². The second kappa shape index (κ2) is 9.55. The Morgan fingerprint density at radius 1 is 1.39 bits per heavy atom. The van der Waals surface area contributed by atoms with Gasteiger partial charge in [0.25, 0.3) is 5.91 Å². The SMILES string of the molecule is C=C/C(Cl)=C\C(=C)C(=C)c1sc(C(=O)N[C@H]2CCOc3ccc(F)cc32)c(C(C)(C)O)c1N. The first-order valence-corrected chi connectivity index (χ1v) is 11.4. The molecule has 1 atom stereocenters. The van der Waals surface area contributed by atoms with Crippen molar-refractivity contribution in [3.8, 4) is 5.75 Å². The van der Waals surface area contributed by atoms with Gasteiger partial charge >= 0.3 is 0 Å². The zero-order valence-electron chi connectivity index (χ0n) is 18.5. The second-order valence-electron chi connectivity index (χ2n) is 8.19. The highest BCUT2D eigenvalue weighted by molar-refractivity contribution is 7.16. The van der Waals surface area contributed by atoms with Gasteiger partial charge in [-0.2, -0.15) is 0 Å². The number of hydrogen-bond acceptors (Lipinski definition) is 5. The Morgan fingerprint density at radius 2 is 2.09 bits per heavy atom. The number of amides is 1. The molecule has 8 heteroatoms. The van der Waals surface area contributed by atoms with Crippen LogP contribution >= 0.6 is 22.9 Å². The predicted molar refractivity (Wildman–Crippen MR) is 133 cm³/mol. The van der Waals surface area contributed by atoms with E-state index in [1.165, 1.54) is 18.2 Å². The Balaban J connectivity index is 2.00. The van der Waals surface area contributed by atoms with Crippen molar-refractivity contribution < 1.29 is 19.0 Å². The first-order valence-electron chi connectivity index (χ1n) is 10.2. The van der Waals surface area contributed by atoms with E-state index in [0.717, 1.165) is 11.3 Å². The molecule has 1 aliphatic heterocycles. The molecule has 0 saturated carbocycles. The Labute approximate surface area is 201 Å². The molecule has 0 bridgehead atoms. The lowest BCUT2D eigenvalue weighted by Gasteiger charge is -2.27. The van der Waals surface area contributed by atoms with E-state index < -0.39 is 23.4 Å². The Kier molecular flexibility index (Phi) is 7.17. The number of nitrogens with two attached hydrogens (primary N) is 1. The van der Waals surface area contributed by atoms with E-state index in [1.807, 2.05) is 0 Å². The maximum Gasteiger partial charge on any atom is 0.262 e. The first kappa shape index (κ1) is 24.8. The lowest BCUT2D eigenvalue weighted by Crippen LogP contribution is -2.33. The third kappa shape index (κ3) is 5.21. The number of thiophene rings is 1. The zero-order valence-corrected chi connectivity index (χ0v) is 20.1. The summed E-state index contributed by atoms with van der Waals surface area (Å²) in [6, 6.07) is 3.76. The average molecular weight is 489 g/mol. The molecule has 0 aliphatic carbocycles. The topological polar surface area (TPSA) is 84.6 Å². The van der Waals surface area contributed by atoms with Crippen molar-refractivity contribution in [2.45, 2.75) is 31.9 Å². The van der Waals surface area contributed by atoms with Gasteiger partial charge in [0.15, 0.2) is 0 Å². The summed E-state index contributed by atoms with van der Waals surface area (Å²) in [5, 5.41) is 14.1. The molecule has 4 N–H and O–H groups in total. The fourth-order valence-corrected chi connectivity index (χ4v) is 5.05. The van der Waals surface area contributed by atoms with Gasteiger partial charge in [-0.15, -0.1) is 11.3 Å². The highest BCUT2D eigenvalue weighted by Crippen LogP contribution is 2.43. The molecule has 2 aromatic rings. The molecule has 1 aliphatic rings. The van der Waals surface area contributed by atoms with E-state index in [9.17, 15) is 14.3 Å². The van der Waals surface area contributed by atoms with Gasteiger partial charge in [0.05, 0.1) is 28.8 Å². The van der Waals surface area contributed by atoms with Crippen LogP contribution in [0.3, 0.4) is 0 Å². The first-order chi connectivity index (χ1) is 15.4. The number of carbonyl (C=O) groups is 1. The summed E-state index contributed by atoms with van der Waals surface area (Å²) in [7, 11) is 0. The van der Waals surface area contributed by atoms with E-state index in [0.29, 0.717) is 51.0 Å². The van der Waals surface area contributed by atoms with Crippen LogP contribution in [0, 0.1) is 5.82 Å². The van der Waals surface area contributed by atoms with Crippen molar-refractivity contribution in [2.24, 2.45) is 0 Å². The Bertz CT molecular complexity index is 1180. The molecule has 0 saturated heterocycles. The van der Waals surface area contributed by atoms with Gasteiger partial charge < -0.3 is 20.9 Å². The van der Waals surface area contributed by atoms with E-state index in [2.05, 4.69) is 25.1 Å². The van der Waals surface area contributed by atoms with Crippen LogP contribution in [0.25, 0.3) is 5.57 Å². The number of fused-ring (bicyclic) bond motifs is 1. The summed E-state index contributed by atoms with van der Waals surface area (Å²) in [5.41, 5.74) is 7.05. The monoisotopic (exact) mass is 488 g/mol. The van der Waals surface area contributed by atoms with Gasteiger partial charge in [-0.05, 0) is 49.3 Å². The molecule has 33 heavy (non-hydrogen) atoms. The quantitative estimate of drug-likeness (QED) is 0.428. The van der Waals surface area contributed by atoms with Gasteiger partial charge in [-0.25, -0.2) is 4.39 Å². The van der Waals surface area contributed by atoms with E-state index in [-0.39, 0.29) is 10.6 Å². The van der Waals surface area contributed by atoms with E-state index in [1.54, 1.807) is 26.0 Å². The molecule has 1 aromatic heterocycles. The van der Waals surface area contributed by atoms with E-state index >= 15 is 0 Å². The fourth-order valence-electron chi connectivity index (χ4n) is 3.63. The highest BCUT2D eigenvalue weighted by atomic mass is 35.5. The molecule has 0 fully saturated rings. The molecular weight excluding hydrogens is 463 g/mol. The standard InChI is InChI=1S/C25H26ClFN2O3S/c1-6-15(26)11-13(2)14(3)22-21(28)20(25(4,5)31)23(33-22)24(30)29-18-9-10-32-19-8-7-16(27)12-17(18)19/h6-8,11-12,18,31H,1-3,9-10,28H2,4-5H3,(H,29,30)/b15-11+/t18-/m0/s1. The maximum atomic E-state index is 13.8. The number of nitrogen functional groups attached to an aromatic ring is 1. The van der Waals surface area contributed by atoms with Crippen molar-refractivity contribution in [3.63, 3.8) is 0 Å². The van der Waals surface area contributed by atoms with Crippen molar-refractivity contribution in [2.75, 3.05) is 12.3 Å². The summed E-state index contributed by atoms with van der Waals surface area (Å²) < 4.78 is 19.4. The van der Waals surface area contributed by atoms with Crippen LogP contribution in [0.2, 0.25) is 0 Å². The number of hydrogen-bond donors (Lipinski definition) is 3. The molecule has 3 rings (SSSR count). The number of nitrogens with one attached hydrogen (secondary N) is 1. The van der Waals surface area contributed by atoms with Crippen LogP contribution in [-0.4, -0.2) is 17.6 Å². The highest BCUT2D eigenvalue weighted by Gasteiger charge is 2.33. The number of allylic oxidation sites excluding steroid dienone is 5. The molecule has 1 amide bonds. The van der Waals surface area contributed by atoms with Gasteiger partial charge in [-0.3, -0.25) is 4.79 Å². The van der Waals surface area contributed by atoms with Crippen LogP contribution in [0.15, 0.2) is 60.7 Å². The third-order valence-electron chi connectivity index (χ3n) is 5.25. The lowest BCUT2D eigenvalue weighted by atomic mass is 9.94. The van der Waals surface area contributed by atoms with Crippen LogP contribution in [-0.2, 0) is 5.60 Å². The minimum Gasteiger partial charge on any atom is -0.493 e. The van der Waals surface area contributed by atoms with Crippen molar-refractivity contribution >= 4 is 40.1 Å². The van der Waals surface area contributed by atoms with Crippen molar-refractivity contribution in [1.82, 2.24) is 5.32 Å². The number of aliphatic hydroxyl groups is 1. The molecule has 0 unspecified atom stereocenters. The van der Waals surface area contributed by atoms with Crippen LogP contribution in [0.5, 0.6) is 5.75 Å². The third-order valence-corrected chi connectivity index (χ3v) is 6.78. The molecule has 2 heterocycles. The average Bonchev–Trinajstić information content (AvgIpc) is 3.11. The Hall–Kier alpha value is -2.87. The minimum atomic E-state index is -1.40. The summed E-state index contributed by atoms with van der Waals surface area (Å²) in [5.74, 6) is -0.327. The molecular formula is C25H26ClFN2O3S. The number of rotatable bonds is 7. The molecule has 0 radical (unpaired) electrons. The summed E-state index contributed by atoms with van der Waals surface area (Å²) in [6.07, 6.45) is 3.53. The molecule has 1 aromatic carbocycles. The summed E-state index contributed by atoms with van der Waals surface area (Å²) in [4.78, 5) is 14.1. The maximum absolute atomic E-state index is 13.8. The zero-order chi connectivity index (χ0) is 24.5. The van der Waals surface area contributed by atoms with Gasteiger partial charge in [0.2, 0.25) is 0 Å². The molecule has 0 spiro atoms. The van der Waals surface area contributed by atoms with Crippen LogP contribution in [0.1, 0.15) is 52.0 Å². The fraction of sp³-hybridized carbons (Fsp3) is 0.240. The van der Waals surface area contributed by atoms with Crippen LogP contribution in [0.4, 0.5) is 10.1 Å². The number of anilines is 1. The normalized spacial score (nSPS) is 15.9. The number of benzene rings is 1. The smallest absolute Gasteiger partial charge is 0.262 e. The molecule has 174 valence electrons. The van der Waals surface area contributed by atoms with Gasteiger partial charge in [0.1, 0.15) is 16.4 Å². The van der Waals surface area contributed by atoms with E-state index in [4.69, 9.17) is 22.1 Å². The van der Waals surface area contributed by atoms with Gasteiger partial charge in [0, 0.05) is 22.6 Å². The minimum absolute atomic E-state index is 0.241. The predicted octanol–water partition coefficient (Wildman–Crippen LogP) is 5.83. The largest absolute Gasteiger partial charge is 0.493 e.